The highest BCUT2D eigenvalue weighted by molar-refractivity contribution is 5.86. The Morgan fingerprint density at radius 1 is 0.472 bits per heavy atom. The average molecular weight is 685 g/mol. The van der Waals surface area contributed by atoms with E-state index in [1.165, 1.54) is 78.4 Å². The summed E-state index contributed by atoms with van der Waals surface area (Å²) in [6.07, 6.45) is 20.1. The third-order valence-electron chi connectivity index (χ3n) is 11.6. The molecule has 0 spiro atoms. The van der Waals surface area contributed by atoms with Crippen LogP contribution in [0.1, 0.15) is 71.2 Å². The van der Waals surface area contributed by atoms with Gasteiger partial charge in [-0.3, -0.25) is 0 Å². The number of anilines is 4. The van der Waals surface area contributed by atoms with E-state index in [2.05, 4.69) is 206 Å². The molecule has 0 aromatic heterocycles. The molecule has 6 aromatic rings. The van der Waals surface area contributed by atoms with Crippen LogP contribution in [0.25, 0.3) is 47.6 Å². The highest BCUT2D eigenvalue weighted by Crippen LogP contribution is 2.53. The third kappa shape index (κ3) is 5.95. The molecular formula is C51H44N2. The molecule has 0 saturated heterocycles. The first-order valence-corrected chi connectivity index (χ1v) is 19.1. The summed E-state index contributed by atoms with van der Waals surface area (Å²) < 4.78 is 0. The van der Waals surface area contributed by atoms with E-state index < -0.39 is 0 Å². The van der Waals surface area contributed by atoms with Crippen molar-refractivity contribution in [1.29, 1.82) is 0 Å². The number of hydrogen-bond donors (Lipinski definition) is 0. The van der Waals surface area contributed by atoms with Crippen molar-refractivity contribution in [2.24, 2.45) is 0 Å². The molecule has 3 aliphatic rings. The molecule has 2 heteroatoms. The Bertz CT molecular complexity index is 2250. The lowest BCUT2D eigenvalue weighted by atomic mass is 9.73. The monoisotopic (exact) mass is 684 g/mol. The standard InChI is InChI=1S/C51H44N2/c1-3-51(4-2)47-35-39(19-17-37-21-27-43(28-22-37)52-33-9-13-41-11-5-7-15-49(41)52)25-31-45(47)46-32-26-40(36-48(46)51)20-18-38-23-29-44(30-24-38)53-34-10-14-42-12-6-8-16-50(42)53/h5-32,35-36H,3-4,33-34H2,1-2H3/b19-17+,20-18+. The van der Waals surface area contributed by atoms with Crippen LogP contribution in [0.2, 0.25) is 0 Å². The quantitative estimate of drug-likeness (QED) is 0.147. The maximum atomic E-state index is 2.44. The van der Waals surface area contributed by atoms with Crippen LogP contribution in [0.15, 0.2) is 146 Å². The molecule has 0 bridgehead atoms. The maximum absolute atomic E-state index is 2.44. The molecule has 258 valence electrons. The van der Waals surface area contributed by atoms with E-state index in [1.54, 1.807) is 0 Å². The molecule has 0 saturated carbocycles. The first kappa shape index (κ1) is 32.8. The van der Waals surface area contributed by atoms with Gasteiger partial charge in [0.15, 0.2) is 0 Å². The molecule has 0 fully saturated rings. The second-order valence-electron chi connectivity index (χ2n) is 14.4. The molecule has 1 aliphatic carbocycles. The van der Waals surface area contributed by atoms with Gasteiger partial charge in [-0.25, -0.2) is 0 Å². The molecule has 0 N–H and O–H groups in total. The van der Waals surface area contributed by atoms with Crippen molar-refractivity contribution in [3.63, 3.8) is 0 Å². The molecule has 9 rings (SSSR count). The van der Waals surface area contributed by atoms with Crippen molar-refractivity contribution in [3.8, 4) is 11.1 Å². The first-order valence-electron chi connectivity index (χ1n) is 19.1. The number of para-hydroxylation sites is 2. The Morgan fingerprint density at radius 3 is 1.30 bits per heavy atom. The van der Waals surface area contributed by atoms with Gasteiger partial charge in [0.1, 0.15) is 0 Å². The molecular weight excluding hydrogens is 641 g/mol. The summed E-state index contributed by atoms with van der Waals surface area (Å²) >= 11 is 0. The summed E-state index contributed by atoms with van der Waals surface area (Å²) in [5.41, 5.74) is 18.1. The zero-order valence-corrected chi connectivity index (χ0v) is 30.5. The average Bonchev–Trinajstić information content (AvgIpc) is 3.50. The van der Waals surface area contributed by atoms with Gasteiger partial charge in [-0.1, -0.05) is 160 Å². The van der Waals surface area contributed by atoms with Gasteiger partial charge in [-0.2, -0.15) is 0 Å². The van der Waals surface area contributed by atoms with Gasteiger partial charge in [-0.05, 0) is 105 Å². The molecule has 0 atom stereocenters. The van der Waals surface area contributed by atoms with E-state index in [-0.39, 0.29) is 5.41 Å². The SMILES string of the molecule is CCC1(CC)c2cc(/C=C/c3ccc(N4CC=Cc5ccccc54)cc3)ccc2-c2ccc(/C=C/c3ccc(N4CC=Cc5ccccc54)cc3)cc21. The Hall–Kier alpha value is -6.12. The topological polar surface area (TPSA) is 6.48 Å². The summed E-state index contributed by atoms with van der Waals surface area (Å²) in [5.74, 6) is 0. The van der Waals surface area contributed by atoms with E-state index in [1.807, 2.05) is 0 Å². The molecule has 0 amide bonds. The zero-order valence-electron chi connectivity index (χ0n) is 30.5. The maximum Gasteiger partial charge on any atom is 0.0487 e. The summed E-state index contributed by atoms with van der Waals surface area (Å²) in [5, 5.41) is 0. The second-order valence-corrected chi connectivity index (χ2v) is 14.4. The lowest BCUT2D eigenvalue weighted by molar-refractivity contribution is 0.490. The van der Waals surface area contributed by atoms with E-state index >= 15 is 0 Å². The Balaban J connectivity index is 0.931. The highest BCUT2D eigenvalue weighted by Gasteiger charge is 2.40. The van der Waals surface area contributed by atoms with Crippen molar-refractivity contribution in [3.05, 3.63) is 190 Å². The summed E-state index contributed by atoms with van der Waals surface area (Å²) in [7, 11) is 0. The lowest BCUT2D eigenvalue weighted by Gasteiger charge is -2.30. The van der Waals surface area contributed by atoms with Crippen molar-refractivity contribution >= 4 is 59.2 Å². The summed E-state index contributed by atoms with van der Waals surface area (Å²) in [6.45, 7) is 6.48. The third-order valence-corrected chi connectivity index (χ3v) is 11.6. The number of nitrogens with zero attached hydrogens (tertiary/aromatic N) is 2. The fraction of sp³-hybridized carbons (Fsp3) is 0.137. The predicted octanol–water partition coefficient (Wildman–Crippen LogP) is 13.4. The van der Waals surface area contributed by atoms with E-state index in [0.717, 1.165) is 25.9 Å². The van der Waals surface area contributed by atoms with Crippen LogP contribution >= 0.6 is 0 Å². The molecule has 2 nitrogen and oxygen atoms in total. The van der Waals surface area contributed by atoms with E-state index in [9.17, 15) is 0 Å². The van der Waals surface area contributed by atoms with Gasteiger partial charge >= 0.3 is 0 Å². The van der Waals surface area contributed by atoms with Gasteiger partial charge in [0, 0.05) is 41.3 Å². The molecule has 0 radical (unpaired) electrons. The normalized spacial score (nSPS) is 15.1. The second kappa shape index (κ2) is 13.8. The zero-order chi connectivity index (χ0) is 35.8. The largest absolute Gasteiger partial charge is 0.337 e. The minimum absolute atomic E-state index is 0.0000243. The molecule has 6 aromatic carbocycles. The number of fused-ring (bicyclic) bond motifs is 5. The van der Waals surface area contributed by atoms with Gasteiger partial charge in [0.05, 0.1) is 0 Å². The van der Waals surface area contributed by atoms with Crippen molar-refractivity contribution in [1.82, 2.24) is 0 Å². The van der Waals surface area contributed by atoms with Crippen molar-refractivity contribution < 1.29 is 0 Å². The van der Waals surface area contributed by atoms with Gasteiger partial charge < -0.3 is 9.80 Å². The van der Waals surface area contributed by atoms with Gasteiger partial charge in [0.2, 0.25) is 0 Å². The fourth-order valence-electron chi connectivity index (χ4n) is 8.67. The Labute approximate surface area is 314 Å². The number of hydrogen-bond acceptors (Lipinski definition) is 2. The van der Waals surface area contributed by atoms with Gasteiger partial charge in [-0.15, -0.1) is 0 Å². The van der Waals surface area contributed by atoms with Crippen LogP contribution in [0, 0.1) is 0 Å². The number of rotatable bonds is 8. The van der Waals surface area contributed by atoms with Crippen LogP contribution in [-0.2, 0) is 5.41 Å². The van der Waals surface area contributed by atoms with E-state index in [0.29, 0.717) is 0 Å². The molecule has 2 aliphatic heterocycles. The van der Waals surface area contributed by atoms with Crippen LogP contribution in [0.5, 0.6) is 0 Å². The lowest BCUT2D eigenvalue weighted by Crippen LogP contribution is -2.23. The van der Waals surface area contributed by atoms with Crippen LogP contribution < -0.4 is 9.80 Å². The van der Waals surface area contributed by atoms with Crippen molar-refractivity contribution in [2.45, 2.75) is 32.1 Å². The molecule has 53 heavy (non-hydrogen) atoms. The minimum atomic E-state index is 0.0000243. The molecule has 0 unspecified atom stereocenters. The van der Waals surface area contributed by atoms with Crippen LogP contribution in [0.3, 0.4) is 0 Å². The molecule has 2 heterocycles. The van der Waals surface area contributed by atoms with Gasteiger partial charge in [0.25, 0.3) is 0 Å². The Morgan fingerprint density at radius 2 is 0.868 bits per heavy atom. The fourth-order valence-corrected chi connectivity index (χ4v) is 8.67. The smallest absolute Gasteiger partial charge is 0.0487 e. The number of benzene rings is 6. The summed E-state index contributed by atoms with van der Waals surface area (Å²) in [4.78, 5) is 4.75. The predicted molar refractivity (Wildman–Crippen MR) is 229 cm³/mol. The first-order chi connectivity index (χ1) is 26.1. The minimum Gasteiger partial charge on any atom is -0.337 e. The van der Waals surface area contributed by atoms with Crippen LogP contribution in [-0.4, -0.2) is 13.1 Å². The van der Waals surface area contributed by atoms with Crippen LogP contribution in [0.4, 0.5) is 22.7 Å². The Kier molecular flexibility index (Phi) is 8.52. The van der Waals surface area contributed by atoms with E-state index in [4.69, 9.17) is 0 Å². The summed E-state index contributed by atoms with van der Waals surface area (Å²) in [6, 6.07) is 49.2. The van der Waals surface area contributed by atoms with Crippen molar-refractivity contribution in [2.75, 3.05) is 22.9 Å². The highest BCUT2D eigenvalue weighted by atomic mass is 15.1.